The molecule has 31 nitrogen and oxygen atoms in total. The van der Waals surface area contributed by atoms with Crippen LogP contribution in [0.2, 0.25) is 5.02 Å². The topological polar surface area (TPSA) is 482 Å². The Morgan fingerprint density at radius 1 is 0.591 bits per heavy atom. The van der Waals surface area contributed by atoms with E-state index in [0.29, 0.717) is 89.3 Å². The Balaban J connectivity index is 1.05. The van der Waals surface area contributed by atoms with E-state index in [0.717, 1.165) is 23.7 Å². The number of aliphatic hydroxyl groups is 1. The fourth-order valence-corrected chi connectivity index (χ4v) is 13.3. The smallest absolute Gasteiger partial charge is 0.245 e. The van der Waals surface area contributed by atoms with Crippen molar-refractivity contribution in [2.75, 3.05) is 39.3 Å². The number of hydrogen-bond acceptors (Lipinski definition) is 17. The standard InChI is InChI=1S/C78H103ClN18O13/c1-45(2)37-60(69(103)91-59(20-10-11-32-83-77(81)82)76(110)97-36-13-21-66(97)75(109)88-46(3)67(80)101)92-68(102)58(19-9-12-33-84-78-85-34-14-35-86-78)90-71(105)62(40-49-25-30-55(100)31-26-49)94-74(108)65(44-98)96-73(107)64(42-53-43-87-57-18-8-7-17-56(53)57)95-72(106)63(39-48-23-28-54(79)29-24-48)93-70(104)61(89-47(4)99)41-50-22-27-51-15-5-6-16-52(51)38-50/h5-8,15-18,22-31,38,43,45-46,58-66,87,98,100H,9-14,19-21,32-37,39-42,44H2,1-4H3,(H2,80,101)(H,88,109)(H,89,99)(H,90,105)(H,91,103)(H,92,102)(H,93,104)(H,94,108)(H,95,106)(H,96,107)(H4,81,82,83)(H2,84,85,86)/t46-,58-,59+,60+,61-,62+,63-,64-,65+,66+/m1/s1. The van der Waals surface area contributed by atoms with Crippen LogP contribution in [0.3, 0.4) is 0 Å². The summed E-state index contributed by atoms with van der Waals surface area (Å²) in [6.07, 6.45) is 4.18. The van der Waals surface area contributed by atoms with Crippen molar-refractivity contribution >= 4 is 110 Å². The predicted octanol–water partition coefficient (Wildman–Crippen LogP) is 1.42. The number of guanidine groups is 2. The number of aromatic nitrogens is 1. The molecule has 2 aliphatic rings. The van der Waals surface area contributed by atoms with Crippen LogP contribution in [0.15, 0.2) is 131 Å². The number of fused-ring (bicyclic) bond motifs is 2. The molecule has 11 amide bonds. The van der Waals surface area contributed by atoms with Crippen LogP contribution >= 0.6 is 11.6 Å². The van der Waals surface area contributed by atoms with Crippen LogP contribution in [0.1, 0.15) is 114 Å². The third-order valence-electron chi connectivity index (χ3n) is 19.0. The summed E-state index contributed by atoms with van der Waals surface area (Å²) in [6.45, 7) is 7.39. The highest BCUT2D eigenvalue weighted by molar-refractivity contribution is 6.30. The number of rotatable bonds is 40. The number of aromatic amines is 1. The van der Waals surface area contributed by atoms with Gasteiger partial charge in [0.1, 0.15) is 66.2 Å². The fraction of sp³-hybridized carbons (Fsp3) is 0.449. The number of nitrogens with one attached hydrogen (secondary N) is 12. The first-order chi connectivity index (χ1) is 52.7. The van der Waals surface area contributed by atoms with Gasteiger partial charge in [-0.1, -0.05) is 110 Å². The summed E-state index contributed by atoms with van der Waals surface area (Å²) in [5, 5.41) is 55.5. The minimum atomic E-state index is -1.82. The zero-order valence-electron chi connectivity index (χ0n) is 62.4. The summed E-state index contributed by atoms with van der Waals surface area (Å²) in [6, 6.07) is 19.2. The Kier molecular flexibility index (Phi) is 32.1. The minimum absolute atomic E-state index is 0.0248. The number of para-hydroxylation sites is 1. The Morgan fingerprint density at radius 3 is 1.75 bits per heavy atom. The highest BCUT2D eigenvalue weighted by Crippen LogP contribution is 2.24. The average Bonchev–Trinajstić information content (AvgIpc) is 1.64. The summed E-state index contributed by atoms with van der Waals surface area (Å²) in [5.74, 6) is -8.48. The molecular weight excluding hydrogens is 1430 g/mol. The van der Waals surface area contributed by atoms with Crippen LogP contribution in [0, 0.1) is 5.92 Å². The minimum Gasteiger partial charge on any atom is -0.508 e. The first-order valence-corrected chi connectivity index (χ1v) is 37.6. The Morgan fingerprint density at radius 2 is 1.13 bits per heavy atom. The Hall–Kier alpha value is -11.3. The van der Waals surface area contributed by atoms with Crippen molar-refractivity contribution in [3.05, 3.63) is 149 Å². The average molecular weight is 1540 g/mol. The summed E-state index contributed by atoms with van der Waals surface area (Å²) in [4.78, 5) is 171. The van der Waals surface area contributed by atoms with Crippen molar-refractivity contribution < 1.29 is 63.0 Å². The lowest BCUT2D eigenvalue weighted by Crippen LogP contribution is -2.61. The molecule has 10 atom stereocenters. The normalized spacial score (nSPS) is 15.8. The molecule has 1 fully saturated rings. The van der Waals surface area contributed by atoms with Gasteiger partial charge in [0.05, 0.1) is 6.61 Å². The third kappa shape index (κ3) is 25.9. The molecule has 590 valence electrons. The molecule has 110 heavy (non-hydrogen) atoms. The molecule has 6 aromatic rings. The number of carbonyl (C=O) groups excluding carboxylic acids is 11. The van der Waals surface area contributed by atoms with Crippen molar-refractivity contribution in [1.82, 2.24) is 68.4 Å². The first-order valence-electron chi connectivity index (χ1n) is 37.3. The van der Waals surface area contributed by atoms with Crippen LogP contribution in [-0.4, -0.2) is 197 Å². The molecule has 0 aliphatic carbocycles. The Bertz CT molecular complexity index is 4250. The summed E-state index contributed by atoms with van der Waals surface area (Å²) in [5.41, 5.74) is 19.5. The molecule has 0 radical (unpaired) electrons. The molecule has 3 heterocycles. The number of phenols is 1. The molecule has 20 N–H and O–H groups in total. The molecule has 0 saturated carbocycles. The lowest BCUT2D eigenvalue weighted by Gasteiger charge is -2.31. The fourth-order valence-electron chi connectivity index (χ4n) is 13.1. The van der Waals surface area contributed by atoms with Crippen molar-refractivity contribution in [1.29, 1.82) is 0 Å². The maximum atomic E-state index is 15.2. The highest BCUT2D eigenvalue weighted by Gasteiger charge is 2.40. The van der Waals surface area contributed by atoms with E-state index in [1.807, 2.05) is 62.4 Å². The molecule has 0 unspecified atom stereocenters. The van der Waals surface area contributed by atoms with Crippen molar-refractivity contribution in [2.24, 2.45) is 33.1 Å². The van der Waals surface area contributed by atoms with E-state index in [9.17, 15) is 43.8 Å². The molecular formula is C78H103ClN18O13. The van der Waals surface area contributed by atoms with Crippen LogP contribution in [0.4, 0.5) is 0 Å². The molecule has 2 aliphatic heterocycles. The maximum Gasteiger partial charge on any atom is 0.245 e. The largest absolute Gasteiger partial charge is 0.508 e. The van der Waals surface area contributed by atoms with Crippen molar-refractivity contribution in [2.45, 2.75) is 178 Å². The van der Waals surface area contributed by atoms with E-state index in [-0.39, 0.29) is 82.1 Å². The number of benzene rings is 5. The summed E-state index contributed by atoms with van der Waals surface area (Å²) in [7, 11) is 0. The van der Waals surface area contributed by atoms with Gasteiger partial charge in [-0.15, -0.1) is 0 Å². The molecule has 0 spiro atoms. The van der Waals surface area contributed by atoms with E-state index in [2.05, 4.69) is 73.5 Å². The number of amides is 11. The van der Waals surface area contributed by atoms with E-state index in [1.54, 1.807) is 48.7 Å². The van der Waals surface area contributed by atoms with Crippen LogP contribution in [0.5, 0.6) is 5.75 Å². The number of aliphatic imine (C=N–C) groups is 2. The molecule has 32 heteroatoms. The van der Waals surface area contributed by atoms with Crippen LogP contribution in [0.25, 0.3) is 21.7 Å². The number of nitrogens with two attached hydrogens (primary N) is 3. The monoisotopic (exact) mass is 1530 g/mol. The van der Waals surface area contributed by atoms with Gasteiger partial charge >= 0.3 is 0 Å². The van der Waals surface area contributed by atoms with E-state index < -0.39 is 132 Å². The predicted molar refractivity (Wildman–Crippen MR) is 417 cm³/mol. The number of carbonyl (C=O) groups is 11. The number of aliphatic hydroxyl groups excluding tert-OH is 1. The van der Waals surface area contributed by atoms with Gasteiger partial charge in [0.2, 0.25) is 65.0 Å². The van der Waals surface area contributed by atoms with Gasteiger partial charge < -0.3 is 95.8 Å². The van der Waals surface area contributed by atoms with Gasteiger partial charge in [0.15, 0.2) is 11.9 Å². The quantitative estimate of drug-likeness (QED) is 0.0147. The SMILES string of the molecule is CC(=O)N[C@H](Cc1ccc2ccccc2c1)C(=O)N[C@H](Cc1ccc(Cl)cc1)C(=O)N[C@H](Cc1c[nH]c2ccccc12)C(=O)N[C@@H](CO)C(=O)N[C@@H](Cc1ccc(O)cc1)C(=O)N[C@H](CCCCNC1=NCCCN1)C(=O)N[C@@H](CC(C)C)C(=O)N[C@@H](CCCCN=C(N)N)C(=O)N1CCC[C@H]1C(=O)N[C@H](C)C(N)=O. The van der Waals surface area contributed by atoms with Crippen molar-refractivity contribution in [3.63, 3.8) is 0 Å². The van der Waals surface area contributed by atoms with Crippen LogP contribution in [-0.2, 0) is 78.4 Å². The summed E-state index contributed by atoms with van der Waals surface area (Å²) < 4.78 is 0. The number of phenolic OH excluding ortho intramolecular Hbond substituents is 1. The van der Waals surface area contributed by atoms with Gasteiger partial charge in [-0.3, -0.25) is 62.7 Å². The second-order valence-corrected chi connectivity index (χ2v) is 28.6. The van der Waals surface area contributed by atoms with Gasteiger partial charge in [-0.2, -0.15) is 0 Å². The van der Waals surface area contributed by atoms with Gasteiger partial charge in [0, 0.05) is 87.5 Å². The maximum absolute atomic E-state index is 15.2. The molecule has 1 saturated heterocycles. The zero-order chi connectivity index (χ0) is 79.4. The molecule has 1 aromatic heterocycles. The third-order valence-corrected chi connectivity index (χ3v) is 19.3. The lowest BCUT2D eigenvalue weighted by atomic mass is 9.99. The van der Waals surface area contributed by atoms with Gasteiger partial charge in [-0.05, 0) is 140 Å². The lowest BCUT2D eigenvalue weighted by molar-refractivity contribution is -0.142. The molecule has 8 rings (SSSR count). The number of primary amides is 1. The number of hydrogen-bond donors (Lipinski definition) is 17. The summed E-state index contributed by atoms with van der Waals surface area (Å²) >= 11 is 6.29. The zero-order valence-corrected chi connectivity index (χ0v) is 63.1. The number of nitrogens with zero attached hydrogens (tertiary/aromatic N) is 3. The number of likely N-dealkylation sites (tertiary alicyclic amines) is 1. The van der Waals surface area contributed by atoms with Gasteiger partial charge in [-0.25, -0.2) is 0 Å². The second kappa shape index (κ2) is 41.8. The van der Waals surface area contributed by atoms with Crippen LogP contribution < -0.4 is 75.7 Å². The van der Waals surface area contributed by atoms with E-state index in [1.165, 1.54) is 43.0 Å². The van der Waals surface area contributed by atoms with E-state index >= 15 is 19.2 Å². The number of aromatic hydroxyl groups is 1. The number of halogens is 1. The second-order valence-electron chi connectivity index (χ2n) is 28.2. The first kappa shape index (κ1) is 84.3. The molecule has 0 bridgehead atoms. The highest BCUT2D eigenvalue weighted by atomic mass is 35.5. The van der Waals surface area contributed by atoms with E-state index in [4.69, 9.17) is 28.8 Å². The Labute approximate surface area is 643 Å². The molecule has 5 aromatic carbocycles. The van der Waals surface area contributed by atoms with Gasteiger partial charge in [0.25, 0.3) is 0 Å². The number of H-pyrrole nitrogens is 1. The van der Waals surface area contributed by atoms with Crippen molar-refractivity contribution in [3.8, 4) is 5.75 Å². The number of unbranched alkanes of at least 4 members (excludes halogenated alkanes) is 2.